The van der Waals surface area contributed by atoms with Crippen molar-refractivity contribution < 1.29 is 23.8 Å². The highest BCUT2D eigenvalue weighted by Crippen LogP contribution is 2.46. The van der Waals surface area contributed by atoms with Gasteiger partial charge in [0.25, 0.3) is 0 Å². The van der Waals surface area contributed by atoms with Gasteiger partial charge < -0.3 is 14.2 Å². The van der Waals surface area contributed by atoms with Crippen LogP contribution in [-0.2, 0) is 23.8 Å². The van der Waals surface area contributed by atoms with Gasteiger partial charge in [-0.25, -0.2) is 0 Å². The van der Waals surface area contributed by atoms with Crippen molar-refractivity contribution in [3.8, 4) is 0 Å². The Balaban J connectivity index is 1.69. The van der Waals surface area contributed by atoms with E-state index >= 15 is 0 Å². The topological polar surface area (TPSA) is 61.8 Å². The predicted molar refractivity (Wildman–Crippen MR) is 80.3 cm³/mol. The lowest BCUT2D eigenvalue weighted by Gasteiger charge is -2.38. The zero-order valence-electron chi connectivity index (χ0n) is 12.9. The van der Waals surface area contributed by atoms with Crippen LogP contribution in [-0.4, -0.2) is 31.1 Å². The maximum atomic E-state index is 12.7. The largest absolute Gasteiger partial charge is 0.489 e. The molecule has 5 nitrogen and oxygen atoms in total. The van der Waals surface area contributed by atoms with Gasteiger partial charge in [-0.2, -0.15) is 0 Å². The molecule has 1 fully saturated rings. The minimum Gasteiger partial charge on any atom is -0.489 e. The Morgan fingerprint density at radius 2 is 1.83 bits per heavy atom. The maximum Gasteiger partial charge on any atom is 0.306 e. The summed E-state index contributed by atoms with van der Waals surface area (Å²) in [6.07, 6.45) is 0.107. The van der Waals surface area contributed by atoms with Crippen molar-refractivity contribution in [1.29, 1.82) is 0 Å². The quantitative estimate of drug-likeness (QED) is 0.784. The lowest BCUT2D eigenvalue weighted by atomic mass is 9.77. The first kappa shape index (κ1) is 14.5. The molecule has 2 heterocycles. The van der Waals surface area contributed by atoms with Crippen molar-refractivity contribution >= 4 is 11.8 Å². The Labute approximate surface area is 134 Å². The molecule has 0 aromatic heterocycles. The zero-order valence-corrected chi connectivity index (χ0v) is 12.9. The minimum atomic E-state index is -0.368. The van der Waals surface area contributed by atoms with Gasteiger partial charge in [-0.1, -0.05) is 30.3 Å². The number of benzene rings is 1. The van der Waals surface area contributed by atoms with Gasteiger partial charge in [-0.05, 0) is 5.56 Å². The number of hydrogen-bond acceptors (Lipinski definition) is 5. The molecule has 4 rings (SSSR count). The van der Waals surface area contributed by atoms with Gasteiger partial charge in [0.2, 0.25) is 0 Å². The van der Waals surface area contributed by atoms with Crippen LogP contribution in [0.3, 0.4) is 0 Å². The van der Waals surface area contributed by atoms with E-state index in [0.29, 0.717) is 24.2 Å². The molecule has 2 aliphatic heterocycles. The SMILES string of the molecule is CO[C@@H]1CC2=C(C(=O)CC(c3ccccc3)O2)[C@H]2CC(=O)O[C@H]21. The van der Waals surface area contributed by atoms with E-state index in [1.54, 1.807) is 7.11 Å². The number of ketones is 1. The molecule has 1 aliphatic carbocycles. The Morgan fingerprint density at radius 3 is 2.57 bits per heavy atom. The van der Waals surface area contributed by atoms with Gasteiger partial charge in [0.05, 0.1) is 12.8 Å². The summed E-state index contributed by atoms with van der Waals surface area (Å²) < 4.78 is 17.0. The zero-order chi connectivity index (χ0) is 16.0. The first-order chi connectivity index (χ1) is 11.2. The third-order valence-electron chi connectivity index (χ3n) is 4.90. The Morgan fingerprint density at radius 1 is 1.04 bits per heavy atom. The molecule has 0 saturated carbocycles. The number of Topliss-reactive ketones (excluding diaryl/α,β-unsaturated/α-hetero) is 1. The van der Waals surface area contributed by atoms with E-state index in [4.69, 9.17) is 14.2 Å². The van der Waals surface area contributed by atoms with Gasteiger partial charge in [0.1, 0.15) is 24.1 Å². The van der Waals surface area contributed by atoms with E-state index in [1.807, 2.05) is 30.3 Å². The second kappa shape index (κ2) is 5.49. The normalized spacial score (nSPS) is 32.9. The summed E-state index contributed by atoms with van der Waals surface area (Å²) in [6.45, 7) is 0. The van der Waals surface area contributed by atoms with E-state index in [-0.39, 0.29) is 42.4 Å². The molecule has 0 spiro atoms. The fourth-order valence-corrected chi connectivity index (χ4v) is 3.83. The summed E-state index contributed by atoms with van der Waals surface area (Å²) >= 11 is 0. The van der Waals surface area contributed by atoms with E-state index in [9.17, 15) is 9.59 Å². The standard InChI is InChI=1S/C18H18O5/c1-21-15-9-14-17(11-7-16(20)23-18(11)15)12(19)8-13(22-14)10-5-3-2-4-6-10/h2-6,11,13,15,18H,7-9H2,1H3/t11-,13?,15-,18-/m1/s1. The van der Waals surface area contributed by atoms with Gasteiger partial charge in [0.15, 0.2) is 5.78 Å². The number of ether oxygens (including phenoxy) is 3. The van der Waals surface area contributed by atoms with Crippen LogP contribution in [0.25, 0.3) is 0 Å². The Kier molecular flexibility index (Phi) is 3.45. The summed E-state index contributed by atoms with van der Waals surface area (Å²) in [4.78, 5) is 24.4. The number of hydrogen-bond donors (Lipinski definition) is 0. The molecule has 0 amide bonds. The van der Waals surface area contributed by atoms with Gasteiger partial charge in [0, 0.05) is 25.0 Å². The summed E-state index contributed by atoms with van der Waals surface area (Å²) in [5.41, 5.74) is 1.63. The van der Waals surface area contributed by atoms with E-state index in [1.165, 1.54) is 0 Å². The highest BCUT2D eigenvalue weighted by molar-refractivity contribution is 5.98. The molecule has 4 atom stereocenters. The molecule has 1 saturated heterocycles. The van der Waals surface area contributed by atoms with Crippen molar-refractivity contribution in [3.05, 3.63) is 47.2 Å². The van der Waals surface area contributed by atoms with Crippen LogP contribution in [0.15, 0.2) is 41.7 Å². The lowest BCUT2D eigenvalue weighted by Crippen LogP contribution is -2.42. The molecule has 23 heavy (non-hydrogen) atoms. The molecular formula is C18H18O5. The molecule has 1 aromatic rings. The first-order valence-corrected chi connectivity index (χ1v) is 7.87. The van der Waals surface area contributed by atoms with Gasteiger partial charge in [-0.15, -0.1) is 0 Å². The van der Waals surface area contributed by atoms with Crippen LogP contribution in [0, 0.1) is 5.92 Å². The minimum absolute atomic E-state index is 0.0583. The van der Waals surface area contributed by atoms with Crippen LogP contribution in [0.4, 0.5) is 0 Å². The van der Waals surface area contributed by atoms with E-state index < -0.39 is 0 Å². The highest BCUT2D eigenvalue weighted by Gasteiger charge is 2.51. The van der Waals surface area contributed by atoms with Crippen molar-refractivity contribution in [2.45, 2.75) is 37.6 Å². The Bertz CT molecular complexity index is 678. The smallest absolute Gasteiger partial charge is 0.306 e. The number of carbonyl (C=O) groups is 2. The van der Waals surface area contributed by atoms with Crippen molar-refractivity contribution in [3.63, 3.8) is 0 Å². The molecule has 0 bridgehead atoms. The van der Waals surface area contributed by atoms with Crippen LogP contribution in [0.1, 0.15) is 30.9 Å². The van der Waals surface area contributed by atoms with Crippen LogP contribution in [0.2, 0.25) is 0 Å². The lowest BCUT2D eigenvalue weighted by molar-refractivity contribution is -0.148. The summed E-state index contributed by atoms with van der Waals surface area (Å²) in [5.74, 6) is 0.221. The number of methoxy groups -OCH3 is 1. The van der Waals surface area contributed by atoms with E-state index in [2.05, 4.69) is 0 Å². The molecule has 0 N–H and O–H groups in total. The number of carbonyl (C=O) groups excluding carboxylic acids is 2. The molecule has 0 radical (unpaired) electrons. The molecule has 120 valence electrons. The van der Waals surface area contributed by atoms with Crippen LogP contribution >= 0.6 is 0 Å². The summed E-state index contributed by atoms with van der Waals surface area (Å²) in [5, 5.41) is 0. The molecular weight excluding hydrogens is 296 g/mol. The third-order valence-corrected chi connectivity index (χ3v) is 4.90. The molecule has 1 aromatic carbocycles. The highest BCUT2D eigenvalue weighted by atomic mass is 16.6. The van der Waals surface area contributed by atoms with Crippen molar-refractivity contribution in [2.75, 3.05) is 7.11 Å². The van der Waals surface area contributed by atoms with Gasteiger partial charge >= 0.3 is 5.97 Å². The fourth-order valence-electron chi connectivity index (χ4n) is 3.83. The van der Waals surface area contributed by atoms with Crippen molar-refractivity contribution in [1.82, 2.24) is 0 Å². The first-order valence-electron chi connectivity index (χ1n) is 7.87. The molecule has 1 unspecified atom stereocenters. The summed E-state index contributed by atoms with van der Waals surface area (Å²) in [6, 6.07) is 9.74. The number of fused-ring (bicyclic) bond motifs is 2. The number of rotatable bonds is 2. The monoisotopic (exact) mass is 314 g/mol. The van der Waals surface area contributed by atoms with Crippen LogP contribution < -0.4 is 0 Å². The average Bonchev–Trinajstić information content (AvgIpc) is 2.95. The predicted octanol–water partition coefficient (Wildman–Crippen LogP) is 2.32. The maximum absolute atomic E-state index is 12.7. The number of esters is 1. The summed E-state index contributed by atoms with van der Waals surface area (Å²) in [7, 11) is 1.60. The second-order valence-electron chi connectivity index (χ2n) is 6.22. The average molecular weight is 314 g/mol. The Hall–Kier alpha value is -2.14. The molecule has 5 heteroatoms. The van der Waals surface area contributed by atoms with E-state index in [0.717, 1.165) is 5.56 Å². The fraction of sp³-hybridized carbons (Fsp3) is 0.444. The molecule has 3 aliphatic rings. The second-order valence-corrected chi connectivity index (χ2v) is 6.22. The van der Waals surface area contributed by atoms with Gasteiger partial charge in [-0.3, -0.25) is 9.59 Å². The third kappa shape index (κ3) is 2.36. The van der Waals surface area contributed by atoms with Crippen LogP contribution in [0.5, 0.6) is 0 Å². The van der Waals surface area contributed by atoms with Crippen molar-refractivity contribution in [2.24, 2.45) is 5.92 Å².